The summed E-state index contributed by atoms with van der Waals surface area (Å²) < 4.78 is 10.3. The van der Waals surface area contributed by atoms with Gasteiger partial charge in [-0.1, -0.05) is 20.8 Å². The fourth-order valence-electron chi connectivity index (χ4n) is 1.15. The van der Waals surface area contributed by atoms with Crippen LogP contribution in [0.2, 0.25) is 0 Å². The molecule has 96 valence electrons. The molecule has 0 fully saturated rings. The van der Waals surface area contributed by atoms with Crippen molar-refractivity contribution in [2.75, 3.05) is 32.9 Å². The van der Waals surface area contributed by atoms with Crippen molar-refractivity contribution < 1.29 is 14.3 Å². The summed E-state index contributed by atoms with van der Waals surface area (Å²) in [5.41, 5.74) is 0. The van der Waals surface area contributed by atoms with E-state index in [9.17, 15) is 4.79 Å². The van der Waals surface area contributed by atoms with Gasteiger partial charge >= 0.3 is 5.97 Å². The van der Waals surface area contributed by atoms with E-state index >= 15 is 0 Å². The number of carbonyl (C=O) groups is 1. The Morgan fingerprint density at radius 3 is 2.56 bits per heavy atom. The number of ether oxygens (including phenoxy) is 2. The molecule has 0 rings (SSSR count). The van der Waals surface area contributed by atoms with Gasteiger partial charge < -0.3 is 14.8 Å². The molecule has 0 amide bonds. The van der Waals surface area contributed by atoms with Crippen molar-refractivity contribution in [3.63, 3.8) is 0 Å². The van der Waals surface area contributed by atoms with E-state index in [1.807, 2.05) is 13.8 Å². The Hall–Kier alpha value is -0.610. The molecule has 0 unspecified atom stereocenters. The van der Waals surface area contributed by atoms with Crippen LogP contribution in [0.25, 0.3) is 0 Å². The van der Waals surface area contributed by atoms with E-state index in [4.69, 9.17) is 9.47 Å². The van der Waals surface area contributed by atoms with Crippen LogP contribution in [0, 0.1) is 5.92 Å². The molecule has 16 heavy (non-hydrogen) atoms. The first-order valence-corrected chi connectivity index (χ1v) is 6.10. The van der Waals surface area contributed by atoms with Gasteiger partial charge in [-0.2, -0.15) is 0 Å². The van der Waals surface area contributed by atoms with Crippen LogP contribution in [-0.4, -0.2) is 38.9 Å². The summed E-state index contributed by atoms with van der Waals surface area (Å²) in [7, 11) is 0. The second-order valence-electron chi connectivity index (χ2n) is 4.18. The molecule has 4 nitrogen and oxygen atoms in total. The number of rotatable bonds is 10. The zero-order valence-corrected chi connectivity index (χ0v) is 10.8. The Labute approximate surface area is 98.7 Å². The molecule has 0 aromatic carbocycles. The average molecular weight is 231 g/mol. The molecule has 1 N–H and O–H groups in total. The second kappa shape index (κ2) is 10.9. The van der Waals surface area contributed by atoms with Gasteiger partial charge in [0.25, 0.3) is 0 Å². The number of nitrogens with one attached hydrogen (secondary N) is 1. The first-order chi connectivity index (χ1) is 7.66. The molecule has 0 bridgehead atoms. The summed E-state index contributed by atoms with van der Waals surface area (Å²) >= 11 is 0. The van der Waals surface area contributed by atoms with Gasteiger partial charge in [0.05, 0.1) is 13.2 Å². The minimum absolute atomic E-state index is 0.136. The molecule has 4 heteroatoms. The highest BCUT2D eigenvalue weighted by molar-refractivity contribution is 5.69. The smallest absolute Gasteiger partial charge is 0.306 e. The van der Waals surface area contributed by atoms with E-state index in [0.29, 0.717) is 32.2 Å². The van der Waals surface area contributed by atoms with Gasteiger partial charge in [0.15, 0.2) is 0 Å². The fourth-order valence-corrected chi connectivity index (χ4v) is 1.15. The minimum atomic E-state index is -0.136. The van der Waals surface area contributed by atoms with Crippen molar-refractivity contribution in [2.45, 2.75) is 33.6 Å². The zero-order chi connectivity index (χ0) is 12.2. The Kier molecular flexibility index (Phi) is 10.5. The van der Waals surface area contributed by atoms with Crippen molar-refractivity contribution in [1.82, 2.24) is 5.32 Å². The lowest BCUT2D eigenvalue weighted by molar-refractivity contribution is -0.146. The van der Waals surface area contributed by atoms with Crippen LogP contribution in [0.1, 0.15) is 33.6 Å². The lowest BCUT2D eigenvalue weighted by atomic mass is 10.1. The molecule has 0 aromatic heterocycles. The highest BCUT2D eigenvalue weighted by Crippen LogP contribution is 2.00. The standard InChI is InChI=1S/C12H25NO3/c1-4-5-13-6-7-15-8-9-16-12(14)10-11(2)3/h11,13H,4-10H2,1-3H3. The predicted molar refractivity (Wildman–Crippen MR) is 64.4 cm³/mol. The molecule has 0 atom stereocenters. The van der Waals surface area contributed by atoms with Gasteiger partial charge in [-0.05, 0) is 18.9 Å². The van der Waals surface area contributed by atoms with Crippen LogP contribution in [0.5, 0.6) is 0 Å². The van der Waals surface area contributed by atoms with Gasteiger partial charge in [-0.3, -0.25) is 4.79 Å². The average Bonchev–Trinajstić information content (AvgIpc) is 2.21. The second-order valence-corrected chi connectivity index (χ2v) is 4.18. The molecule has 0 aliphatic heterocycles. The lowest BCUT2D eigenvalue weighted by Gasteiger charge is -2.07. The molecular formula is C12H25NO3. The third-order valence-corrected chi connectivity index (χ3v) is 1.92. The summed E-state index contributed by atoms with van der Waals surface area (Å²) in [4.78, 5) is 11.1. The molecule has 0 radical (unpaired) electrons. The van der Waals surface area contributed by atoms with Crippen molar-refractivity contribution in [1.29, 1.82) is 0 Å². The Balaban J connectivity index is 3.11. The molecular weight excluding hydrogens is 206 g/mol. The number of esters is 1. The van der Waals surface area contributed by atoms with E-state index in [1.165, 1.54) is 0 Å². The van der Waals surface area contributed by atoms with Gasteiger partial charge in [-0.15, -0.1) is 0 Å². The monoisotopic (exact) mass is 231 g/mol. The summed E-state index contributed by atoms with van der Waals surface area (Å²) in [6, 6.07) is 0. The maximum atomic E-state index is 11.1. The van der Waals surface area contributed by atoms with E-state index in [-0.39, 0.29) is 5.97 Å². The molecule has 0 aliphatic carbocycles. The highest BCUT2D eigenvalue weighted by atomic mass is 16.6. The number of hydrogen-bond acceptors (Lipinski definition) is 4. The number of hydrogen-bond donors (Lipinski definition) is 1. The zero-order valence-electron chi connectivity index (χ0n) is 10.8. The minimum Gasteiger partial charge on any atom is -0.463 e. The lowest BCUT2D eigenvalue weighted by Crippen LogP contribution is -2.21. The summed E-state index contributed by atoms with van der Waals surface area (Å²) in [5, 5.41) is 3.23. The summed E-state index contributed by atoms with van der Waals surface area (Å²) in [5.74, 6) is 0.217. The van der Waals surface area contributed by atoms with Crippen molar-refractivity contribution in [3.8, 4) is 0 Å². The topological polar surface area (TPSA) is 47.6 Å². The molecule has 0 spiro atoms. The van der Waals surface area contributed by atoms with Crippen LogP contribution >= 0.6 is 0 Å². The fraction of sp³-hybridized carbons (Fsp3) is 0.917. The van der Waals surface area contributed by atoms with E-state index in [2.05, 4.69) is 12.2 Å². The van der Waals surface area contributed by atoms with Crippen molar-refractivity contribution >= 4 is 5.97 Å². The first kappa shape index (κ1) is 15.4. The Morgan fingerprint density at radius 1 is 1.19 bits per heavy atom. The Bertz CT molecular complexity index is 172. The first-order valence-electron chi connectivity index (χ1n) is 6.10. The quantitative estimate of drug-likeness (QED) is 0.458. The maximum absolute atomic E-state index is 11.1. The van der Waals surface area contributed by atoms with E-state index in [0.717, 1.165) is 19.5 Å². The highest BCUT2D eigenvalue weighted by Gasteiger charge is 2.05. The van der Waals surface area contributed by atoms with E-state index in [1.54, 1.807) is 0 Å². The predicted octanol–water partition coefficient (Wildman–Crippen LogP) is 1.59. The summed E-state index contributed by atoms with van der Waals surface area (Å²) in [6.45, 7) is 9.51. The molecule has 0 saturated heterocycles. The van der Waals surface area contributed by atoms with Crippen molar-refractivity contribution in [3.05, 3.63) is 0 Å². The largest absolute Gasteiger partial charge is 0.463 e. The molecule has 0 aliphatic rings. The molecule has 0 heterocycles. The van der Waals surface area contributed by atoms with Crippen LogP contribution < -0.4 is 5.32 Å². The van der Waals surface area contributed by atoms with Crippen LogP contribution in [0.3, 0.4) is 0 Å². The van der Waals surface area contributed by atoms with Gasteiger partial charge in [0, 0.05) is 13.0 Å². The van der Waals surface area contributed by atoms with Gasteiger partial charge in [0.1, 0.15) is 6.61 Å². The van der Waals surface area contributed by atoms with Gasteiger partial charge in [-0.25, -0.2) is 0 Å². The number of carbonyl (C=O) groups excluding carboxylic acids is 1. The van der Waals surface area contributed by atoms with Crippen molar-refractivity contribution in [2.24, 2.45) is 5.92 Å². The normalized spacial score (nSPS) is 10.8. The van der Waals surface area contributed by atoms with Crippen LogP contribution in [-0.2, 0) is 14.3 Å². The third-order valence-electron chi connectivity index (χ3n) is 1.92. The SMILES string of the molecule is CCCNCCOCCOC(=O)CC(C)C. The summed E-state index contributed by atoms with van der Waals surface area (Å²) in [6.07, 6.45) is 1.62. The third kappa shape index (κ3) is 11.5. The Morgan fingerprint density at radius 2 is 1.94 bits per heavy atom. The maximum Gasteiger partial charge on any atom is 0.306 e. The molecule has 0 saturated carbocycles. The molecule has 0 aromatic rings. The van der Waals surface area contributed by atoms with Crippen LogP contribution in [0.4, 0.5) is 0 Å². The van der Waals surface area contributed by atoms with Crippen LogP contribution in [0.15, 0.2) is 0 Å². The van der Waals surface area contributed by atoms with E-state index < -0.39 is 0 Å². The van der Waals surface area contributed by atoms with Gasteiger partial charge in [0.2, 0.25) is 0 Å².